The number of aryl methyl sites for hydroxylation is 1. The summed E-state index contributed by atoms with van der Waals surface area (Å²) >= 11 is 7.08. The molecule has 0 saturated carbocycles. The van der Waals surface area contributed by atoms with Crippen molar-refractivity contribution in [3.05, 3.63) is 20.8 Å². The first kappa shape index (κ1) is 10.5. The molecule has 0 aliphatic heterocycles. The van der Waals surface area contributed by atoms with Crippen molar-refractivity contribution in [2.24, 2.45) is 0 Å². The van der Waals surface area contributed by atoms with Gasteiger partial charge < -0.3 is 5.32 Å². The molecule has 0 spiro atoms. The van der Waals surface area contributed by atoms with Crippen LogP contribution in [0.5, 0.6) is 0 Å². The zero-order valence-corrected chi connectivity index (χ0v) is 8.64. The molecule has 72 valence electrons. The van der Waals surface area contributed by atoms with Crippen LogP contribution in [0, 0.1) is 6.92 Å². The summed E-state index contributed by atoms with van der Waals surface area (Å²) in [5.41, 5.74) is 0. The Labute approximate surface area is 84.7 Å². The Hall–Kier alpha value is -0.610. The molecule has 1 amide bonds. The maximum absolute atomic E-state index is 11.7. The van der Waals surface area contributed by atoms with Crippen LogP contribution in [0.25, 0.3) is 0 Å². The lowest BCUT2D eigenvalue weighted by molar-refractivity contribution is 0.0955. The molecule has 1 aromatic heterocycles. The normalized spacial score (nSPS) is 10.1. The SMILES string of the molecule is Cc1cc(Cl)c(C(=O)NCCF)s1. The molecule has 0 bridgehead atoms. The fourth-order valence-corrected chi connectivity index (χ4v) is 2.13. The second-order valence-corrected chi connectivity index (χ2v) is 4.14. The van der Waals surface area contributed by atoms with E-state index in [4.69, 9.17) is 11.6 Å². The summed E-state index contributed by atoms with van der Waals surface area (Å²) in [5.74, 6) is -0.305. The van der Waals surface area contributed by atoms with Gasteiger partial charge in [0.25, 0.3) is 5.91 Å². The largest absolute Gasteiger partial charge is 0.349 e. The Kier molecular flexibility index (Phi) is 3.69. The van der Waals surface area contributed by atoms with E-state index in [0.717, 1.165) is 4.88 Å². The number of hydrogen-bond donors (Lipinski definition) is 1. The highest BCUT2D eigenvalue weighted by Gasteiger charge is 2.12. The molecule has 0 aliphatic carbocycles. The summed E-state index contributed by atoms with van der Waals surface area (Å²) < 4.78 is 11.7. The Morgan fingerprint density at radius 2 is 2.46 bits per heavy atom. The van der Waals surface area contributed by atoms with E-state index in [1.165, 1.54) is 11.3 Å². The number of thiophene rings is 1. The topological polar surface area (TPSA) is 29.1 Å². The lowest BCUT2D eigenvalue weighted by Gasteiger charge is -1.99. The van der Waals surface area contributed by atoms with Crippen LogP contribution in [-0.4, -0.2) is 19.1 Å². The van der Waals surface area contributed by atoms with Gasteiger partial charge in [0.2, 0.25) is 0 Å². The molecule has 1 N–H and O–H groups in total. The maximum Gasteiger partial charge on any atom is 0.262 e. The summed E-state index contributed by atoms with van der Waals surface area (Å²) in [6.07, 6.45) is 0. The number of nitrogens with one attached hydrogen (secondary N) is 1. The standard InChI is InChI=1S/C8H9ClFNOS/c1-5-4-6(9)7(13-5)8(12)11-3-2-10/h4H,2-3H2,1H3,(H,11,12). The molecule has 0 fully saturated rings. The van der Waals surface area contributed by atoms with Gasteiger partial charge in [0.15, 0.2) is 0 Å². The van der Waals surface area contributed by atoms with Gasteiger partial charge >= 0.3 is 0 Å². The molecule has 1 aromatic rings. The van der Waals surface area contributed by atoms with Crippen molar-refractivity contribution in [2.45, 2.75) is 6.92 Å². The van der Waals surface area contributed by atoms with Crippen LogP contribution in [0.1, 0.15) is 14.5 Å². The van der Waals surface area contributed by atoms with E-state index in [0.29, 0.717) is 9.90 Å². The van der Waals surface area contributed by atoms with Gasteiger partial charge in [-0.1, -0.05) is 11.6 Å². The molecule has 0 atom stereocenters. The van der Waals surface area contributed by atoms with E-state index in [1.807, 2.05) is 6.92 Å². The lowest BCUT2D eigenvalue weighted by Crippen LogP contribution is -2.24. The molecule has 0 saturated heterocycles. The molecule has 0 radical (unpaired) electrons. The van der Waals surface area contributed by atoms with Crippen molar-refractivity contribution in [1.29, 1.82) is 0 Å². The van der Waals surface area contributed by atoms with Gasteiger partial charge in [-0.3, -0.25) is 4.79 Å². The van der Waals surface area contributed by atoms with Crippen LogP contribution >= 0.6 is 22.9 Å². The molecule has 0 unspecified atom stereocenters. The van der Waals surface area contributed by atoms with Gasteiger partial charge in [0.05, 0.1) is 5.02 Å². The zero-order chi connectivity index (χ0) is 9.84. The summed E-state index contributed by atoms with van der Waals surface area (Å²) in [5, 5.41) is 2.84. The summed E-state index contributed by atoms with van der Waals surface area (Å²) in [6.45, 7) is 1.34. The molecular formula is C8H9ClFNOS. The average Bonchev–Trinajstić information content (AvgIpc) is 2.41. The number of rotatable bonds is 3. The van der Waals surface area contributed by atoms with Crippen LogP contribution in [0.4, 0.5) is 4.39 Å². The Morgan fingerprint density at radius 3 is 2.92 bits per heavy atom. The molecule has 1 rings (SSSR count). The number of amides is 1. The molecule has 0 aromatic carbocycles. The van der Waals surface area contributed by atoms with Crippen molar-refractivity contribution in [1.82, 2.24) is 5.32 Å². The first-order chi connectivity index (χ1) is 6.15. The molecular weight excluding hydrogens is 213 g/mol. The predicted molar refractivity (Wildman–Crippen MR) is 52.4 cm³/mol. The molecule has 2 nitrogen and oxygen atoms in total. The number of hydrogen-bond acceptors (Lipinski definition) is 2. The number of halogens is 2. The Morgan fingerprint density at radius 1 is 1.77 bits per heavy atom. The summed E-state index contributed by atoms with van der Waals surface area (Å²) in [6, 6.07) is 1.72. The van der Waals surface area contributed by atoms with E-state index in [2.05, 4.69) is 5.32 Å². The predicted octanol–water partition coefficient (Wildman–Crippen LogP) is 2.41. The van der Waals surface area contributed by atoms with Crippen LogP contribution in [-0.2, 0) is 0 Å². The number of carbonyl (C=O) groups is 1. The number of alkyl halides is 1. The van der Waals surface area contributed by atoms with Crippen LogP contribution < -0.4 is 5.32 Å². The minimum atomic E-state index is -0.562. The molecule has 13 heavy (non-hydrogen) atoms. The van der Waals surface area contributed by atoms with Gasteiger partial charge in [-0.25, -0.2) is 4.39 Å². The second-order valence-electron chi connectivity index (χ2n) is 2.48. The van der Waals surface area contributed by atoms with Crippen LogP contribution in [0.3, 0.4) is 0 Å². The summed E-state index contributed by atoms with van der Waals surface area (Å²) in [4.78, 5) is 12.7. The maximum atomic E-state index is 11.7. The quantitative estimate of drug-likeness (QED) is 0.835. The van der Waals surface area contributed by atoms with Crippen LogP contribution in [0.15, 0.2) is 6.07 Å². The first-order valence-electron chi connectivity index (χ1n) is 3.75. The van der Waals surface area contributed by atoms with Crippen molar-refractivity contribution in [3.63, 3.8) is 0 Å². The van der Waals surface area contributed by atoms with E-state index in [-0.39, 0.29) is 12.5 Å². The first-order valence-corrected chi connectivity index (χ1v) is 4.94. The molecule has 5 heteroatoms. The Balaban J connectivity index is 2.70. The Bertz CT molecular complexity index is 313. The van der Waals surface area contributed by atoms with E-state index < -0.39 is 6.67 Å². The van der Waals surface area contributed by atoms with Crippen molar-refractivity contribution in [2.75, 3.05) is 13.2 Å². The average molecular weight is 222 g/mol. The lowest BCUT2D eigenvalue weighted by atomic mass is 10.4. The third kappa shape index (κ3) is 2.67. The second kappa shape index (κ2) is 4.58. The van der Waals surface area contributed by atoms with Gasteiger partial charge in [0, 0.05) is 11.4 Å². The summed E-state index contributed by atoms with van der Waals surface area (Å²) in [7, 11) is 0. The van der Waals surface area contributed by atoms with Gasteiger partial charge in [-0.15, -0.1) is 11.3 Å². The fraction of sp³-hybridized carbons (Fsp3) is 0.375. The third-order valence-corrected chi connectivity index (χ3v) is 2.86. The van der Waals surface area contributed by atoms with E-state index >= 15 is 0 Å². The van der Waals surface area contributed by atoms with Crippen LogP contribution in [0.2, 0.25) is 5.02 Å². The molecule has 0 aliphatic rings. The minimum absolute atomic E-state index is 0.0338. The minimum Gasteiger partial charge on any atom is -0.349 e. The highest BCUT2D eigenvalue weighted by Crippen LogP contribution is 2.25. The van der Waals surface area contributed by atoms with Gasteiger partial charge in [-0.2, -0.15) is 0 Å². The van der Waals surface area contributed by atoms with Gasteiger partial charge in [0.1, 0.15) is 11.6 Å². The smallest absolute Gasteiger partial charge is 0.262 e. The highest BCUT2D eigenvalue weighted by molar-refractivity contribution is 7.14. The fourth-order valence-electron chi connectivity index (χ4n) is 0.879. The van der Waals surface area contributed by atoms with Gasteiger partial charge in [-0.05, 0) is 13.0 Å². The zero-order valence-electron chi connectivity index (χ0n) is 7.06. The van der Waals surface area contributed by atoms with E-state index in [9.17, 15) is 9.18 Å². The van der Waals surface area contributed by atoms with Crippen molar-refractivity contribution in [3.8, 4) is 0 Å². The van der Waals surface area contributed by atoms with Crippen molar-refractivity contribution >= 4 is 28.8 Å². The monoisotopic (exact) mass is 221 g/mol. The van der Waals surface area contributed by atoms with Crippen molar-refractivity contribution < 1.29 is 9.18 Å². The number of carbonyl (C=O) groups excluding carboxylic acids is 1. The van der Waals surface area contributed by atoms with E-state index in [1.54, 1.807) is 6.07 Å². The third-order valence-electron chi connectivity index (χ3n) is 1.40. The highest BCUT2D eigenvalue weighted by atomic mass is 35.5. The molecule has 1 heterocycles.